The van der Waals surface area contributed by atoms with E-state index in [1.165, 1.54) is 7.11 Å². The van der Waals surface area contributed by atoms with Crippen molar-refractivity contribution in [3.05, 3.63) is 28.4 Å². The molecule has 2 aromatic rings. The van der Waals surface area contributed by atoms with Crippen molar-refractivity contribution in [2.75, 3.05) is 13.7 Å². The van der Waals surface area contributed by atoms with Crippen LogP contribution in [0.1, 0.15) is 24.5 Å². The third kappa shape index (κ3) is 3.94. The molecule has 0 spiro atoms. The zero-order chi connectivity index (χ0) is 20.6. The van der Waals surface area contributed by atoms with Crippen LogP contribution in [0.2, 0.25) is 5.02 Å². The third-order valence-corrected chi connectivity index (χ3v) is 5.15. The number of benzene rings is 1. The van der Waals surface area contributed by atoms with Crippen LogP contribution >= 0.6 is 11.6 Å². The number of aromatic nitrogens is 2. The number of hydrogen-bond acceptors (Lipinski definition) is 4. The molecule has 1 aromatic carbocycles. The normalized spacial score (nSPS) is 17.6. The van der Waals surface area contributed by atoms with Gasteiger partial charge in [0.25, 0.3) is 0 Å². The van der Waals surface area contributed by atoms with Crippen LogP contribution < -0.4 is 0 Å². The van der Waals surface area contributed by atoms with Gasteiger partial charge in [0.05, 0.1) is 36.2 Å². The van der Waals surface area contributed by atoms with Gasteiger partial charge in [-0.15, -0.1) is 0 Å². The first kappa shape index (κ1) is 20.4. The molecule has 1 atom stereocenters. The molecule has 0 saturated heterocycles. The van der Waals surface area contributed by atoms with Crippen LogP contribution in [0.15, 0.2) is 12.3 Å². The van der Waals surface area contributed by atoms with E-state index >= 15 is 0 Å². The molecule has 0 saturated carbocycles. The first-order valence-electron chi connectivity index (χ1n) is 8.72. The van der Waals surface area contributed by atoms with Crippen molar-refractivity contribution >= 4 is 34.4 Å². The van der Waals surface area contributed by atoms with Crippen LogP contribution in [0.25, 0.3) is 10.9 Å². The van der Waals surface area contributed by atoms with Gasteiger partial charge in [0.1, 0.15) is 6.54 Å². The molecule has 28 heavy (non-hydrogen) atoms. The lowest BCUT2D eigenvalue weighted by Crippen LogP contribution is -2.41. The van der Waals surface area contributed by atoms with Crippen LogP contribution in [0.5, 0.6) is 0 Å². The Morgan fingerprint density at radius 3 is 2.75 bits per heavy atom. The van der Waals surface area contributed by atoms with Gasteiger partial charge in [-0.2, -0.15) is 18.3 Å². The van der Waals surface area contributed by atoms with Gasteiger partial charge < -0.3 is 9.64 Å². The number of esters is 1. The average Bonchev–Trinajstić information content (AvgIpc) is 3.01. The van der Waals surface area contributed by atoms with Crippen molar-refractivity contribution in [2.24, 2.45) is 5.92 Å². The number of alkyl halides is 3. The van der Waals surface area contributed by atoms with Crippen LogP contribution in [-0.2, 0) is 33.8 Å². The SMILES string of the molecule is CCn1ncc2c3c(cc(Cl)c21)C[C@@H](CC(=O)OC)C(=O)N(CC(F)(F)F)C3. The standard InChI is InChI=1S/C18H19ClF3N3O3/c1-3-25-16-12(7-23-25)13-8-24(9-18(20,21)22)17(27)11(6-15(26)28-2)4-10(13)5-14(16)19/h5,7,11H,3-4,6,8-9H2,1-2H3/t11-/m0/s1. The Hall–Kier alpha value is -2.29. The molecule has 10 heteroatoms. The largest absolute Gasteiger partial charge is 0.469 e. The van der Waals surface area contributed by atoms with Crippen LogP contribution in [0.3, 0.4) is 0 Å². The molecule has 0 N–H and O–H groups in total. The topological polar surface area (TPSA) is 64.4 Å². The average molecular weight is 418 g/mol. The highest BCUT2D eigenvalue weighted by atomic mass is 35.5. The smallest absolute Gasteiger partial charge is 0.406 e. The second-order valence-corrected chi connectivity index (χ2v) is 7.12. The number of rotatable bonds is 4. The quantitative estimate of drug-likeness (QED) is 0.716. The fourth-order valence-corrected chi connectivity index (χ4v) is 3.95. The molecule has 1 aromatic heterocycles. The van der Waals surface area contributed by atoms with Crippen molar-refractivity contribution in [3.8, 4) is 0 Å². The molecule has 0 unspecified atom stereocenters. The summed E-state index contributed by atoms with van der Waals surface area (Å²) in [6.45, 7) is 0.794. The highest BCUT2D eigenvalue weighted by molar-refractivity contribution is 6.35. The van der Waals surface area contributed by atoms with Crippen molar-refractivity contribution in [1.29, 1.82) is 0 Å². The summed E-state index contributed by atoms with van der Waals surface area (Å²) in [5.74, 6) is -2.34. The molecule has 152 valence electrons. The highest BCUT2D eigenvalue weighted by Gasteiger charge is 2.39. The second kappa shape index (κ2) is 7.62. The maximum Gasteiger partial charge on any atom is 0.406 e. The minimum Gasteiger partial charge on any atom is -0.469 e. The minimum absolute atomic E-state index is 0.102. The number of halogens is 4. The molecule has 2 heterocycles. The lowest BCUT2D eigenvalue weighted by atomic mass is 9.93. The first-order chi connectivity index (χ1) is 13.1. The lowest BCUT2D eigenvalue weighted by molar-refractivity contribution is -0.165. The van der Waals surface area contributed by atoms with Crippen LogP contribution in [-0.4, -0.2) is 46.4 Å². The second-order valence-electron chi connectivity index (χ2n) is 6.71. The molecule has 0 fully saturated rings. The van der Waals surface area contributed by atoms with Gasteiger partial charge >= 0.3 is 12.1 Å². The summed E-state index contributed by atoms with van der Waals surface area (Å²) < 4.78 is 45.5. The predicted octanol–water partition coefficient (Wildman–Crippen LogP) is 3.34. The van der Waals surface area contributed by atoms with Gasteiger partial charge in [-0.3, -0.25) is 14.3 Å². The first-order valence-corrected chi connectivity index (χ1v) is 9.10. The molecule has 0 aliphatic carbocycles. The van der Waals surface area contributed by atoms with Gasteiger partial charge in [-0.05, 0) is 30.5 Å². The molecule has 0 radical (unpaired) electrons. The van der Waals surface area contributed by atoms with Crippen molar-refractivity contribution in [2.45, 2.75) is 39.0 Å². The van der Waals surface area contributed by atoms with Crippen molar-refractivity contribution in [3.63, 3.8) is 0 Å². The van der Waals surface area contributed by atoms with Gasteiger partial charge in [-0.1, -0.05) is 11.6 Å². The Labute approximate surface area is 164 Å². The molecule has 1 aliphatic heterocycles. The number of amides is 1. The zero-order valence-corrected chi connectivity index (χ0v) is 16.1. The summed E-state index contributed by atoms with van der Waals surface area (Å²) >= 11 is 6.40. The van der Waals surface area contributed by atoms with Crippen LogP contribution in [0.4, 0.5) is 13.2 Å². The predicted molar refractivity (Wildman–Crippen MR) is 95.7 cm³/mol. The number of carbonyl (C=O) groups excluding carboxylic acids is 2. The molecular weight excluding hydrogens is 399 g/mol. The van der Waals surface area contributed by atoms with E-state index in [0.717, 1.165) is 4.90 Å². The fraction of sp³-hybridized carbons (Fsp3) is 0.500. The summed E-state index contributed by atoms with van der Waals surface area (Å²) in [6, 6.07) is 1.65. The molecule has 3 rings (SSSR count). The molecular formula is C18H19ClF3N3O3. The minimum atomic E-state index is -4.56. The Morgan fingerprint density at radius 1 is 1.43 bits per heavy atom. The highest BCUT2D eigenvalue weighted by Crippen LogP contribution is 2.36. The summed E-state index contributed by atoms with van der Waals surface area (Å²) in [4.78, 5) is 25.2. The van der Waals surface area contributed by atoms with E-state index in [9.17, 15) is 22.8 Å². The van der Waals surface area contributed by atoms with Gasteiger partial charge in [0.15, 0.2) is 0 Å². The third-order valence-electron chi connectivity index (χ3n) is 4.87. The molecule has 1 aliphatic rings. The number of hydrogen-bond donors (Lipinski definition) is 0. The maximum atomic E-state index is 13.1. The number of fused-ring (bicyclic) bond motifs is 3. The Balaban J connectivity index is 2.13. The number of ether oxygens (including phenoxy) is 1. The zero-order valence-electron chi connectivity index (χ0n) is 15.3. The fourth-order valence-electron chi connectivity index (χ4n) is 3.62. The number of nitrogens with zero attached hydrogens (tertiary/aromatic N) is 3. The number of aryl methyl sites for hydroxylation is 1. The summed E-state index contributed by atoms with van der Waals surface area (Å²) in [7, 11) is 1.17. The van der Waals surface area contributed by atoms with Gasteiger partial charge in [0.2, 0.25) is 5.91 Å². The van der Waals surface area contributed by atoms with E-state index in [4.69, 9.17) is 11.6 Å². The number of carbonyl (C=O) groups is 2. The van der Waals surface area contributed by atoms with Crippen LogP contribution in [0, 0.1) is 5.92 Å². The van der Waals surface area contributed by atoms with E-state index in [-0.39, 0.29) is 19.4 Å². The molecule has 0 bridgehead atoms. The summed E-state index contributed by atoms with van der Waals surface area (Å²) in [5.41, 5.74) is 1.83. The van der Waals surface area contributed by atoms with E-state index < -0.39 is 30.5 Å². The van der Waals surface area contributed by atoms with E-state index in [0.29, 0.717) is 33.6 Å². The summed E-state index contributed by atoms with van der Waals surface area (Å²) in [6.07, 6.45) is -3.20. The van der Waals surface area contributed by atoms with Gasteiger partial charge in [0, 0.05) is 18.5 Å². The Bertz CT molecular complexity index is 926. The monoisotopic (exact) mass is 417 g/mol. The maximum absolute atomic E-state index is 13.1. The van der Waals surface area contributed by atoms with Gasteiger partial charge in [-0.25, -0.2) is 0 Å². The van der Waals surface area contributed by atoms with Crippen molar-refractivity contribution < 1.29 is 27.5 Å². The Kier molecular flexibility index (Phi) is 5.56. The molecule has 6 nitrogen and oxygen atoms in total. The van der Waals surface area contributed by atoms with E-state index in [2.05, 4.69) is 9.84 Å². The van der Waals surface area contributed by atoms with E-state index in [1.807, 2.05) is 6.92 Å². The lowest BCUT2D eigenvalue weighted by Gasteiger charge is -2.25. The summed E-state index contributed by atoms with van der Waals surface area (Å²) in [5, 5.41) is 5.26. The Morgan fingerprint density at radius 2 is 2.14 bits per heavy atom. The van der Waals surface area contributed by atoms with E-state index in [1.54, 1.807) is 16.9 Å². The van der Waals surface area contributed by atoms with Crippen molar-refractivity contribution in [1.82, 2.24) is 14.7 Å². The number of methoxy groups -OCH3 is 1. The molecule has 1 amide bonds.